The van der Waals surface area contributed by atoms with Gasteiger partial charge in [0, 0.05) is 24.7 Å². The van der Waals surface area contributed by atoms with Gasteiger partial charge in [0.1, 0.15) is 6.04 Å². The average Bonchev–Trinajstić information content (AvgIpc) is 2.67. The van der Waals surface area contributed by atoms with Crippen LogP contribution in [-0.2, 0) is 9.59 Å². The van der Waals surface area contributed by atoms with Crippen LogP contribution >= 0.6 is 0 Å². The highest BCUT2D eigenvalue weighted by Crippen LogP contribution is 2.13. The van der Waals surface area contributed by atoms with Crippen molar-refractivity contribution in [1.29, 1.82) is 0 Å². The van der Waals surface area contributed by atoms with Crippen LogP contribution in [0.25, 0.3) is 0 Å². The minimum absolute atomic E-state index is 0.0209. The second-order valence-corrected chi connectivity index (χ2v) is 7.23. The molecule has 27 heavy (non-hydrogen) atoms. The van der Waals surface area contributed by atoms with Crippen LogP contribution < -0.4 is 16.4 Å². The van der Waals surface area contributed by atoms with Crippen LogP contribution in [0.2, 0.25) is 0 Å². The summed E-state index contributed by atoms with van der Waals surface area (Å²) in [6.07, 6.45) is 2.31. The zero-order valence-electron chi connectivity index (χ0n) is 16.1. The van der Waals surface area contributed by atoms with Gasteiger partial charge >= 0.3 is 0 Å². The topological polar surface area (TPSA) is 105 Å². The van der Waals surface area contributed by atoms with Crippen LogP contribution in [0.15, 0.2) is 30.3 Å². The maximum atomic E-state index is 12.8. The van der Waals surface area contributed by atoms with Crippen molar-refractivity contribution in [2.45, 2.75) is 45.2 Å². The van der Waals surface area contributed by atoms with Crippen molar-refractivity contribution in [1.82, 2.24) is 15.5 Å². The van der Waals surface area contributed by atoms with Crippen molar-refractivity contribution in [2.24, 2.45) is 11.7 Å². The van der Waals surface area contributed by atoms with E-state index < -0.39 is 6.04 Å². The first kappa shape index (κ1) is 20.9. The summed E-state index contributed by atoms with van der Waals surface area (Å²) in [7, 11) is 0. The molecule has 4 N–H and O–H groups in total. The molecule has 1 heterocycles. The molecular weight excluding hydrogens is 344 g/mol. The summed E-state index contributed by atoms with van der Waals surface area (Å²) >= 11 is 0. The lowest BCUT2D eigenvalue weighted by molar-refractivity contribution is -0.125. The molecule has 1 fully saturated rings. The standard InChI is InChI=1S/C20H30N4O3/c1-3-14(2)18(23-19(26)15-7-5-4-6-8-15)20(27)22-16-9-11-24(12-10-16)13-17(21)25/h4-8,14,16,18H,3,9-13H2,1-2H3,(H2,21,25)(H,22,27)(H,23,26). The van der Waals surface area contributed by atoms with Gasteiger partial charge in [0.2, 0.25) is 11.8 Å². The largest absolute Gasteiger partial charge is 0.369 e. The third-order valence-corrected chi connectivity index (χ3v) is 5.13. The number of carbonyl (C=O) groups excluding carboxylic acids is 3. The van der Waals surface area contributed by atoms with E-state index in [1.165, 1.54) is 0 Å². The summed E-state index contributed by atoms with van der Waals surface area (Å²) in [6, 6.07) is 8.37. The third-order valence-electron chi connectivity index (χ3n) is 5.13. The third kappa shape index (κ3) is 6.36. The molecule has 7 nitrogen and oxygen atoms in total. The van der Waals surface area contributed by atoms with Gasteiger partial charge in [-0.15, -0.1) is 0 Å². The van der Waals surface area contributed by atoms with Crippen LogP contribution in [-0.4, -0.2) is 54.3 Å². The Labute approximate surface area is 160 Å². The van der Waals surface area contributed by atoms with Gasteiger partial charge in [-0.3, -0.25) is 19.3 Å². The lowest BCUT2D eigenvalue weighted by atomic mass is 9.96. The lowest BCUT2D eigenvalue weighted by Gasteiger charge is -2.33. The minimum atomic E-state index is -0.577. The number of benzene rings is 1. The molecule has 2 unspecified atom stereocenters. The quantitative estimate of drug-likeness (QED) is 0.629. The maximum Gasteiger partial charge on any atom is 0.251 e. The van der Waals surface area contributed by atoms with Gasteiger partial charge in [-0.2, -0.15) is 0 Å². The van der Waals surface area contributed by atoms with Gasteiger partial charge in [-0.25, -0.2) is 0 Å². The Bertz CT molecular complexity index is 642. The van der Waals surface area contributed by atoms with Gasteiger partial charge in [0.15, 0.2) is 0 Å². The summed E-state index contributed by atoms with van der Waals surface area (Å²) in [4.78, 5) is 38.3. The number of primary amides is 1. The summed E-state index contributed by atoms with van der Waals surface area (Å²) in [6.45, 7) is 5.66. The fourth-order valence-electron chi connectivity index (χ4n) is 3.26. The van der Waals surface area contributed by atoms with Gasteiger partial charge in [-0.05, 0) is 30.9 Å². The number of rotatable bonds is 8. The number of nitrogens with zero attached hydrogens (tertiary/aromatic N) is 1. The van der Waals surface area contributed by atoms with E-state index in [0.29, 0.717) is 5.56 Å². The van der Waals surface area contributed by atoms with E-state index in [1.54, 1.807) is 24.3 Å². The number of nitrogens with two attached hydrogens (primary N) is 1. The Hall–Kier alpha value is -2.41. The average molecular weight is 374 g/mol. The van der Waals surface area contributed by atoms with Crippen molar-refractivity contribution >= 4 is 17.7 Å². The minimum Gasteiger partial charge on any atom is -0.369 e. The Kier molecular flexibility index (Phi) is 7.79. The molecule has 1 aliphatic heterocycles. The number of likely N-dealkylation sites (tertiary alicyclic amines) is 1. The number of hydrogen-bond donors (Lipinski definition) is 3. The van der Waals surface area contributed by atoms with E-state index in [0.717, 1.165) is 32.4 Å². The molecule has 0 spiro atoms. The lowest BCUT2D eigenvalue weighted by Crippen LogP contribution is -2.54. The molecule has 0 bridgehead atoms. The molecule has 0 radical (unpaired) electrons. The molecule has 148 valence electrons. The second kappa shape index (κ2) is 10.1. The summed E-state index contributed by atoms with van der Waals surface area (Å²) in [5.41, 5.74) is 5.77. The van der Waals surface area contributed by atoms with Crippen LogP contribution in [0.4, 0.5) is 0 Å². The van der Waals surface area contributed by atoms with Gasteiger partial charge in [-0.1, -0.05) is 38.5 Å². The van der Waals surface area contributed by atoms with E-state index in [1.807, 2.05) is 24.8 Å². The highest BCUT2D eigenvalue weighted by atomic mass is 16.2. The zero-order valence-corrected chi connectivity index (χ0v) is 16.1. The van der Waals surface area contributed by atoms with Crippen molar-refractivity contribution in [2.75, 3.05) is 19.6 Å². The van der Waals surface area contributed by atoms with Crippen molar-refractivity contribution in [3.05, 3.63) is 35.9 Å². The normalized spacial score (nSPS) is 17.7. The van der Waals surface area contributed by atoms with Crippen molar-refractivity contribution < 1.29 is 14.4 Å². The fourth-order valence-corrected chi connectivity index (χ4v) is 3.26. The molecule has 2 atom stereocenters. The molecule has 0 saturated carbocycles. The van der Waals surface area contributed by atoms with E-state index >= 15 is 0 Å². The first-order valence-corrected chi connectivity index (χ1v) is 9.57. The van der Waals surface area contributed by atoms with Gasteiger partial charge < -0.3 is 16.4 Å². The molecule has 0 aliphatic carbocycles. The number of piperidine rings is 1. The van der Waals surface area contributed by atoms with Gasteiger partial charge in [0.05, 0.1) is 6.54 Å². The van der Waals surface area contributed by atoms with Gasteiger partial charge in [0.25, 0.3) is 5.91 Å². The van der Waals surface area contributed by atoms with E-state index in [9.17, 15) is 14.4 Å². The molecule has 0 aromatic heterocycles. The smallest absolute Gasteiger partial charge is 0.251 e. The van der Waals surface area contributed by atoms with Crippen LogP contribution in [0.1, 0.15) is 43.5 Å². The molecule has 1 aromatic carbocycles. The van der Waals surface area contributed by atoms with Crippen LogP contribution in [0.5, 0.6) is 0 Å². The predicted molar refractivity (Wildman–Crippen MR) is 104 cm³/mol. The Morgan fingerprint density at radius 3 is 2.37 bits per heavy atom. The summed E-state index contributed by atoms with van der Waals surface area (Å²) in [5.74, 6) is -0.708. The molecule has 1 aliphatic rings. The highest BCUT2D eigenvalue weighted by Gasteiger charge is 2.29. The highest BCUT2D eigenvalue weighted by molar-refractivity contribution is 5.97. The van der Waals surface area contributed by atoms with Crippen molar-refractivity contribution in [3.63, 3.8) is 0 Å². The second-order valence-electron chi connectivity index (χ2n) is 7.23. The fraction of sp³-hybridized carbons (Fsp3) is 0.550. The van der Waals surface area contributed by atoms with E-state index in [-0.39, 0.29) is 36.2 Å². The van der Waals surface area contributed by atoms with E-state index in [4.69, 9.17) is 5.73 Å². The van der Waals surface area contributed by atoms with Crippen molar-refractivity contribution in [3.8, 4) is 0 Å². The first-order chi connectivity index (χ1) is 12.9. The Balaban J connectivity index is 1.93. The molecule has 1 aromatic rings. The summed E-state index contributed by atoms with van der Waals surface area (Å²) < 4.78 is 0. The van der Waals surface area contributed by atoms with Crippen LogP contribution in [0, 0.1) is 5.92 Å². The zero-order chi connectivity index (χ0) is 19.8. The molecule has 7 heteroatoms. The summed E-state index contributed by atoms with van der Waals surface area (Å²) in [5, 5.41) is 5.95. The number of amides is 3. The molecule has 1 saturated heterocycles. The molecule has 2 rings (SSSR count). The predicted octanol–water partition coefficient (Wildman–Crippen LogP) is 0.897. The maximum absolute atomic E-state index is 12.8. The number of carbonyl (C=O) groups is 3. The first-order valence-electron chi connectivity index (χ1n) is 9.57. The monoisotopic (exact) mass is 374 g/mol. The Morgan fingerprint density at radius 1 is 1.19 bits per heavy atom. The number of hydrogen-bond acceptors (Lipinski definition) is 4. The van der Waals surface area contributed by atoms with Crippen LogP contribution in [0.3, 0.4) is 0 Å². The molecular formula is C20H30N4O3. The number of nitrogens with one attached hydrogen (secondary N) is 2. The SMILES string of the molecule is CCC(C)C(NC(=O)c1ccccc1)C(=O)NC1CCN(CC(N)=O)CC1. The Morgan fingerprint density at radius 2 is 1.81 bits per heavy atom. The molecule has 3 amide bonds. The van der Waals surface area contributed by atoms with E-state index in [2.05, 4.69) is 10.6 Å².